The molecule has 0 fully saturated rings. The first kappa shape index (κ1) is 22.2. The predicted octanol–water partition coefficient (Wildman–Crippen LogP) is 3.66. The lowest BCUT2D eigenvalue weighted by Crippen LogP contribution is -2.27. The van der Waals surface area contributed by atoms with E-state index < -0.39 is 17.6 Å². The summed E-state index contributed by atoms with van der Waals surface area (Å²) in [7, 11) is 1.26. The van der Waals surface area contributed by atoms with Crippen molar-refractivity contribution in [1.29, 1.82) is 0 Å². The Morgan fingerprint density at radius 3 is 2.00 bits per heavy atom. The van der Waals surface area contributed by atoms with Crippen LogP contribution in [0.2, 0.25) is 0 Å². The van der Waals surface area contributed by atoms with Crippen LogP contribution in [0.4, 0.5) is 0 Å². The highest BCUT2D eigenvalue weighted by Crippen LogP contribution is 2.22. The Balaban J connectivity index is 2.32. The lowest BCUT2D eigenvalue weighted by Gasteiger charge is -2.17. The molecule has 1 unspecified atom stereocenters. The summed E-state index contributed by atoms with van der Waals surface area (Å²) in [6.45, 7) is 5.42. The van der Waals surface area contributed by atoms with Crippen LogP contribution in [0.15, 0.2) is 58.3 Å². The molecule has 0 saturated heterocycles. The molecule has 0 amide bonds. The van der Waals surface area contributed by atoms with Gasteiger partial charge in [0.15, 0.2) is 4.77 Å². The van der Waals surface area contributed by atoms with Crippen LogP contribution >= 0.6 is 12.2 Å². The number of methoxy groups -OCH3 is 1. The van der Waals surface area contributed by atoms with E-state index in [1.807, 2.05) is 38.1 Å². The van der Waals surface area contributed by atoms with Crippen LogP contribution < -0.4 is 5.56 Å². The number of carbonyl (C=O) groups is 1. The van der Waals surface area contributed by atoms with Crippen molar-refractivity contribution in [1.82, 2.24) is 9.13 Å². The molecule has 0 aliphatic carbocycles. The number of hydrogen-bond donors (Lipinski definition) is 1. The van der Waals surface area contributed by atoms with Gasteiger partial charge in [0.05, 0.1) is 18.5 Å². The average molecular weight is 438 g/mol. The summed E-state index contributed by atoms with van der Waals surface area (Å²) in [6, 6.07) is 13.8. The van der Waals surface area contributed by atoms with Gasteiger partial charge in [0.1, 0.15) is 11.6 Å². The Kier molecular flexibility index (Phi) is 6.50. The first-order valence-electron chi connectivity index (χ1n) is 9.60. The Hall–Kier alpha value is -3.52. The SMILES string of the molecule is COC(=O)C(C)N=Cc1c(O)n(-c2ccc(C)cc2)c(=S)n(-c2ccc(C)cc2)c1=O. The second-order valence-corrected chi connectivity index (χ2v) is 7.51. The summed E-state index contributed by atoms with van der Waals surface area (Å²) in [5.41, 5.74) is 2.57. The van der Waals surface area contributed by atoms with E-state index in [4.69, 9.17) is 12.2 Å². The van der Waals surface area contributed by atoms with Crippen LogP contribution in [0.25, 0.3) is 11.4 Å². The highest BCUT2D eigenvalue weighted by atomic mass is 32.1. The number of aliphatic imine (C=N–C) groups is 1. The van der Waals surface area contributed by atoms with Crippen molar-refractivity contribution in [3.63, 3.8) is 0 Å². The van der Waals surface area contributed by atoms with Crippen molar-refractivity contribution >= 4 is 24.4 Å². The van der Waals surface area contributed by atoms with Crippen LogP contribution in [0.1, 0.15) is 23.6 Å². The molecule has 7 nitrogen and oxygen atoms in total. The molecule has 0 aliphatic rings. The van der Waals surface area contributed by atoms with E-state index in [9.17, 15) is 14.7 Å². The van der Waals surface area contributed by atoms with Crippen molar-refractivity contribution in [3.05, 3.63) is 80.3 Å². The molecule has 0 saturated carbocycles. The zero-order chi connectivity index (χ0) is 22.7. The molecule has 1 aromatic heterocycles. The number of aromatic nitrogens is 2. The monoisotopic (exact) mass is 437 g/mol. The Morgan fingerprint density at radius 2 is 1.52 bits per heavy atom. The number of aromatic hydroxyl groups is 1. The van der Waals surface area contributed by atoms with E-state index in [0.717, 1.165) is 11.1 Å². The van der Waals surface area contributed by atoms with E-state index in [1.165, 1.54) is 29.4 Å². The molecule has 1 N–H and O–H groups in total. The Labute approximate surface area is 184 Å². The summed E-state index contributed by atoms with van der Waals surface area (Å²) >= 11 is 5.60. The maximum absolute atomic E-state index is 13.3. The van der Waals surface area contributed by atoms with E-state index >= 15 is 0 Å². The van der Waals surface area contributed by atoms with Crippen LogP contribution in [0, 0.1) is 18.6 Å². The molecule has 0 aliphatic heterocycles. The molecule has 1 atom stereocenters. The predicted molar refractivity (Wildman–Crippen MR) is 122 cm³/mol. The number of rotatable bonds is 5. The second-order valence-electron chi connectivity index (χ2n) is 7.14. The van der Waals surface area contributed by atoms with Crippen LogP contribution in [0.3, 0.4) is 0 Å². The molecule has 1 heterocycles. The van der Waals surface area contributed by atoms with Crippen molar-refractivity contribution in [2.45, 2.75) is 26.8 Å². The molecule has 0 bridgehead atoms. The summed E-state index contributed by atoms with van der Waals surface area (Å²) < 4.78 is 7.51. The summed E-state index contributed by atoms with van der Waals surface area (Å²) in [5, 5.41) is 11.0. The molecular formula is C23H23N3O4S. The van der Waals surface area contributed by atoms with Gasteiger partial charge in [-0.15, -0.1) is 0 Å². The number of benzene rings is 2. The number of esters is 1. The molecule has 3 rings (SSSR count). The van der Waals surface area contributed by atoms with Gasteiger partial charge in [-0.1, -0.05) is 35.4 Å². The minimum atomic E-state index is -0.840. The minimum Gasteiger partial charge on any atom is -0.494 e. The van der Waals surface area contributed by atoms with Gasteiger partial charge in [0, 0.05) is 6.21 Å². The highest BCUT2D eigenvalue weighted by Gasteiger charge is 2.19. The van der Waals surface area contributed by atoms with Gasteiger partial charge in [-0.25, -0.2) is 4.79 Å². The third kappa shape index (κ3) is 4.49. The maximum atomic E-state index is 13.3. The molecule has 2 aromatic carbocycles. The van der Waals surface area contributed by atoms with E-state index in [1.54, 1.807) is 24.3 Å². The standard InChI is InChI=1S/C23H23N3O4S/c1-14-5-9-17(10-6-14)25-20(27)19(13-24-16(3)22(29)30-4)21(28)26(23(25)31)18-11-7-15(2)8-12-18/h5-13,16,27H,1-4H3. The third-order valence-electron chi connectivity index (χ3n) is 4.82. The fraction of sp³-hybridized carbons (Fsp3) is 0.217. The van der Waals surface area contributed by atoms with Crippen LogP contribution in [0.5, 0.6) is 5.88 Å². The fourth-order valence-electron chi connectivity index (χ4n) is 2.99. The molecule has 0 radical (unpaired) electrons. The first-order chi connectivity index (χ1) is 14.7. The lowest BCUT2D eigenvalue weighted by atomic mass is 10.2. The highest BCUT2D eigenvalue weighted by molar-refractivity contribution is 7.71. The maximum Gasteiger partial charge on any atom is 0.330 e. The summed E-state index contributed by atoms with van der Waals surface area (Å²) in [6.07, 6.45) is 1.18. The zero-order valence-corrected chi connectivity index (χ0v) is 18.5. The summed E-state index contributed by atoms with van der Waals surface area (Å²) in [5.74, 6) is -0.913. The normalized spacial score (nSPS) is 12.1. The zero-order valence-electron chi connectivity index (χ0n) is 17.7. The second kappa shape index (κ2) is 9.09. The van der Waals surface area contributed by atoms with Crippen molar-refractivity contribution in [2.24, 2.45) is 4.99 Å². The van der Waals surface area contributed by atoms with Gasteiger partial charge in [0.2, 0.25) is 5.88 Å². The number of ether oxygens (including phenoxy) is 1. The van der Waals surface area contributed by atoms with Gasteiger partial charge in [0.25, 0.3) is 5.56 Å². The van der Waals surface area contributed by atoms with Gasteiger partial charge >= 0.3 is 5.97 Å². The Morgan fingerprint density at radius 1 is 1.03 bits per heavy atom. The molecule has 160 valence electrons. The molecular weight excluding hydrogens is 414 g/mol. The smallest absolute Gasteiger partial charge is 0.330 e. The Bertz CT molecular complexity index is 1260. The van der Waals surface area contributed by atoms with Crippen LogP contribution in [-0.2, 0) is 9.53 Å². The number of aryl methyl sites for hydroxylation is 2. The van der Waals surface area contributed by atoms with Crippen LogP contribution in [-0.4, -0.2) is 39.6 Å². The van der Waals surface area contributed by atoms with Gasteiger partial charge < -0.3 is 9.84 Å². The first-order valence-corrected chi connectivity index (χ1v) is 10.0. The molecule has 0 spiro atoms. The lowest BCUT2D eigenvalue weighted by molar-refractivity contribution is -0.141. The van der Waals surface area contributed by atoms with Crippen molar-refractivity contribution < 1.29 is 14.6 Å². The number of hydrogen-bond acceptors (Lipinski definition) is 6. The van der Waals surface area contributed by atoms with Gasteiger partial charge in [-0.05, 0) is 57.3 Å². The van der Waals surface area contributed by atoms with Crippen molar-refractivity contribution in [2.75, 3.05) is 7.11 Å². The van der Waals surface area contributed by atoms with Gasteiger partial charge in [-0.3, -0.25) is 18.9 Å². The van der Waals surface area contributed by atoms with E-state index in [-0.39, 0.29) is 16.2 Å². The number of nitrogens with zero attached hydrogens (tertiary/aromatic N) is 3. The van der Waals surface area contributed by atoms with Crippen molar-refractivity contribution in [3.8, 4) is 17.3 Å². The topological polar surface area (TPSA) is 85.8 Å². The number of carbonyl (C=O) groups excluding carboxylic acids is 1. The molecule has 31 heavy (non-hydrogen) atoms. The molecule has 3 aromatic rings. The largest absolute Gasteiger partial charge is 0.494 e. The third-order valence-corrected chi connectivity index (χ3v) is 5.19. The van der Waals surface area contributed by atoms with E-state index in [0.29, 0.717) is 11.4 Å². The molecule has 8 heteroatoms. The summed E-state index contributed by atoms with van der Waals surface area (Å²) in [4.78, 5) is 29.1. The fourth-order valence-corrected chi connectivity index (χ4v) is 3.37. The average Bonchev–Trinajstić information content (AvgIpc) is 2.75. The van der Waals surface area contributed by atoms with E-state index in [2.05, 4.69) is 9.73 Å². The quantitative estimate of drug-likeness (QED) is 0.374. The minimum absolute atomic E-state index is 0.0921. The van der Waals surface area contributed by atoms with Gasteiger partial charge in [-0.2, -0.15) is 0 Å².